The lowest BCUT2D eigenvalue weighted by atomic mass is 9.75. The summed E-state index contributed by atoms with van der Waals surface area (Å²) in [4.78, 5) is 0. The van der Waals surface area contributed by atoms with Crippen LogP contribution in [0.3, 0.4) is 0 Å². The van der Waals surface area contributed by atoms with Crippen molar-refractivity contribution in [2.24, 2.45) is 0 Å². The van der Waals surface area contributed by atoms with Crippen LogP contribution in [0.5, 0.6) is 0 Å². The molecule has 20 heavy (non-hydrogen) atoms. The molecule has 0 heterocycles. The third kappa shape index (κ3) is 2.88. The predicted molar refractivity (Wildman–Crippen MR) is 84.7 cm³/mol. The molecule has 3 rings (SSSR count). The van der Waals surface area contributed by atoms with Gasteiger partial charge in [0.05, 0.1) is 4.47 Å². The van der Waals surface area contributed by atoms with Crippen molar-refractivity contribution in [3.8, 4) is 0 Å². The lowest BCUT2D eigenvalue weighted by molar-refractivity contribution is 0.374. The highest BCUT2D eigenvalue weighted by molar-refractivity contribution is 9.10. The SMILES string of the molecule is Cc1ccc(C2CC(Nc3ccc(F)c(Br)c3)C2)cc1. The number of rotatable bonds is 3. The van der Waals surface area contributed by atoms with Crippen LogP contribution in [0.4, 0.5) is 10.1 Å². The van der Waals surface area contributed by atoms with E-state index in [0.717, 1.165) is 18.5 Å². The zero-order valence-corrected chi connectivity index (χ0v) is 13.0. The highest BCUT2D eigenvalue weighted by atomic mass is 79.9. The molecule has 0 saturated heterocycles. The molecular formula is C17H17BrFN. The lowest BCUT2D eigenvalue weighted by Crippen LogP contribution is -2.33. The molecule has 1 aliphatic carbocycles. The maximum absolute atomic E-state index is 13.2. The van der Waals surface area contributed by atoms with Crippen molar-refractivity contribution in [2.45, 2.75) is 31.7 Å². The zero-order chi connectivity index (χ0) is 14.1. The molecule has 0 bridgehead atoms. The van der Waals surface area contributed by atoms with Crippen LogP contribution in [0, 0.1) is 12.7 Å². The molecule has 1 nitrogen and oxygen atoms in total. The van der Waals surface area contributed by atoms with Crippen LogP contribution in [-0.2, 0) is 0 Å². The first-order valence-electron chi connectivity index (χ1n) is 6.90. The number of hydrogen-bond acceptors (Lipinski definition) is 1. The number of nitrogens with one attached hydrogen (secondary N) is 1. The molecule has 0 aromatic heterocycles. The maximum atomic E-state index is 13.2. The topological polar surface area (TPSA) is 12.0 Å². The predicted octanol–water partition coefficient (Wildman–Crippen LogP) is 5.25. The molecule has 2 aromatic carbocycles. The molecule has 1 N–H and O–H groups in total. The van der Waals surface area contributed by atoms with Crippen molar-refractivity contribution in [2.75, 3.05) is 5.32 Å². The minimum Gasteiger partial charge on any atom is -0.382 e. The fourth-order valence-electron chi connectivity index (χ4n) is 2.67. The van der Waals surface area contributed by atoms with Crippen LogP contribution in [0.1, 0.15) is 29.9 Å². The summed E-state index contributed by atoms with van der Waals surface area (Å²) in [5, 5.41) is 3.46. The first-order valence-corrected chi connectivity index (χ1v) is 7.69. The van der Waals surface area contributed by atoms with E-state index in [9.17, 15) is 4.39 Å². The van der Waals surface area contributed by atoms with Gasteiger partial charge in [0.2, 0.25) is 0 Å². The minimum atomic E-state index is -0.221. The highest BCUT2D eigenvalue weighted by Gasteiger charge is 2.30. The first kappa shape index (κ1) is 13.6. The first-order chi connectivity index (χ1) is 9.61. The van der Waals surface area contributed by atoms with Gasteiger partial charge in [-0.3, -0.25) is 0 Å². The summed E-state index contributed by atoms with van der Waals surface area (Å²) < 4.78 is 13.7. The molecule has 1 fully saturated rings. The second-order valence-electron chi connectivity index (χ2n) is 5.55. The Kier molecular flexibility index (Phi) is 3.79. The van der Waals surface area contributed by atoms with E-state index in [-0.39, 0.29) is 5.82 Å². The molecule has 1 aliphatic rings. The highest BCUT2D eigenvalue weighted by Crippen LogP contribution is 2.38. The Balaban J connectivity index is 1.58. The van der Waals surface area contributed by atoms with E-state index in [1.165, 1.54) is 17.2 Å². The Morgan fingerprint density at radius 1 is 1.10 bits per heavy atom. The number of halogens is 2. The average Bonchev–Trinajstić information content (AvgIpc) is 2.39. The molecule has 0 aliphatic heterocycles. The monoisotopic (exact) mass is 333 g/mol. The minimum absolute atomic E-state index is 0.221. The van der Waals surface area contributed by atoms with Crippen LogP contribution in [-0.4, -0.2) is 6.04 Å². The van der Waals surface area contributed by atoms with Gasteiger partial charge in [0.1, 0.15) is 5.82 Å². The fourth-order valence-corrected chi connectivity index (χ4v) is 3.05. The molecule has 0 atom stereocenters. The van der Waals surface area contributed by atoms with Crippen molar-refractivity contribution >= 4 is 21.6 Å². The van der Waals surface area contributed by atoms with E-state index in [1.54, 1.807) is 12.1 Å². The van der Waals surface area contributed by atoms with Crippen molar-refractivity contribution in [1.82, 2.24) is 0 Å². The molecule has 3 heteroatoms. The van der Waals surface area contributed by atoms with E-state index < -0.39 is 0 Å². The summed E-state index contributed by atoms with van der Waals surface area (Å²) in [6.45, 7) is 2.11. The van der Waals surface area contributed by atoms with Gasteiger partial charge in [-0.25, -0.2) is 4.39 Å². The molecule has 0 spiro atoms. The van der Waals surface area contributed by atoms with E-state index in [1.807, 2.05) is 0 Å². The average molecular weight is 334 g/mol. The largest absolute Gasteiger partial charge is 0.382 e. The summed E-state index contributed by atoms with van der Waals surface area (Å²) in [6.07, 6.45) is 2.27. The Morgan fingerprint density at radius 2 is 1.80 bits per heavy atom. The lowest BCUT2D eigenvalue weighted by Gasteiger charge is -2.37. The van der Waals surface area contributed by atoms with E-state index in [4.69, 9.17) is 0 Å². The number of aryl methyl sites for hydroxylation is 1. The van der Waals surface area contributed by atoms with Crippen LogP contribution in [0.2, 0.25) is 0 Å². The van der Waals surface area contributed by atoms with Gasteiger partial charge < -0.3 is 5.32 Å². The second kappa shape index (κ2) is 5.57. The van der Waals surface area contributed by atoms with Gasteiger partial charge in [0.15, 0.2) is 0 Å². The Bertz CT molecular complexity index is 603. The van der Waals surface area contributed by atoms with Gasteiger partial charge >= 0.3 is 0 Å². The van der Waals surface area contributed by atoms with Crippen LogP contribution in [0.15, 0.2) is 46.9 Å². The molecule has 1 saturated carbocycles. The van der Waals surface area contributed by atoms with Gasteiger partial charge in [-0.05, 0) is 65.4 Å². The Hall–Kier alpha value is -1.35. The summed E-state index contributed by atoms with van der Waals surface area (Å²) in [5.74, 6) is 0.429. The molecule has 0 radical (unpaired) electrons. The van der Waals surface area contributed by atoms with Crippen LogP contribution < -0.4 is 5.32 Å². The smallest absolute Gasteiger partial charge is 0.137 e. The summed E-state index contributed by atoms with van der Waals surface area (Å²) in [5.41, 5.74) is 3.71. The van der Waals surface area contributed by atoms with Gasteiger partial charge in [-0.2, -0.15) is 0 Å². The fraction of sp³-hybridized carbons (Fsp3) is 0.294. The summed E-state index contributed by atoms with van der Waals surface area (Å²) >= 11 is 3.22. The summed E-state index contributed by atoms with van der Waals surface area (Å²) in [6, 6.07) is 14.4. The van der Waals surface area contributed by atoms with Crippen molar-refractivity contribution < 1.29 is 4.39 Å². The molecule has 104 valence electrons. The van der Waals surface area contributed by atoms with E-state index >= 15 is 0 Å². The van der Waals surface area contributed by atoms with Gasteiger partial charge in [-0.15, -0.1) is 0 Å². The summed E-state index contributed by atoms with van der Waals surface area (Å²) in [7, 11) is 0. The normalized spacial score (nSPS) is 21.4. The number of benzene rings is 2. The molecule has 2 aromatic rings. The van der Waals surface area contributed by atoms with Crippen molar-refractivity contribution in [3.05, 3.63) is 63.9 Å². The third-order valence-electron chi connectivity index (χ3n) is 3.98. The van der Waals surface area contributed by atoms with Crippen molar-refractivity contribution in [1.29, 1.82) is 0 Å². The third-order valence-corrected chi connectivity index (χ3v) is 4.58. The van der Waals surface area contributed by atoms with Gasteiger partial charge in [-0.1, -0.05) is 29.8 Å². The van der Waals surface area contributed by atoms with Crippen LogP contribution in [0.25, 0.3) is 0 Å². The Labute approximate surface area is 127 Å². The number of anilines is 1. The molecule has 0 amide bonds. The van der Waals surface area contributed by atoms with Gasteiger partial charge in [0.25, 0.3) is 0 Å². The zero-order valence-electron chi connectivity index (χ0n) is 11.4. The quantitative estimate of drug-likeness (QED) is 0.808. The maximum Gasteiger partial charge on any atom is 0.137 e. The Morgan fingerprint density at radius 3 is 2.45 bits per heavy atom. The molecule has 0 unspecified atom stereocenters. The molecular weight excluding hydrogens is 317 g/mol. The number of hydrogen-bond donors (Lipinski definition) is 1. The van der Waals surface area contributed by atoms with Gasteiger partial charge in [0, 0.05) is 11.7 Å². The van der Waals surface area contributed by atoms with E-state index in [2.05, 4.69) is 52.4 Å². The van der Waals surface area contributed by atoms with Crippen LogP contribution >= 0.6 is 15.9 Å². The second-order valence-corrected chi connectivity index (χ2v) is 6.40. The van der Waals surface area contributed by atoms with Crippen molar-refractivity contribution in [3.63, 3.8) is 0 Å². The van der Waals surface area contributed by atoms with E-state index in [0.29, 0.717) is 16.4 Å². The standard InChI is InChI=1S/C17H17BrFN/c1-11-2-4-12(5-3-11)13-8-15(9-13)20-14-6-7-17(19)16(18)10-14/h2-7,10,13,15,20H,8-9H2,1H3.